The van der Waals surface area contributed by atoms with Crippen LogP contribution in [0.2, 0.25) is 0 Å². The van der Waals surface area contributed by atoms with Crippen molar-refractivity contribution in [2.75, 3.05) is 65.9 Å². The summed E-state index contributed by atoms with van der Waals surface area (Å²) in [5.41, 5.74) is 4.19. The number of aromatic nitrogens is 1. The number of benzene rings is 3. The summed E-state index contributed by atoms with van der Waals surface area (Å²) in [4.78, 5) is 7.18. The molecule has 0 unspecified atom stereocenters. The number of anilines is 1. The molecule has 0 fully saturated rings. The molecule has 4 aromatic rings. The highest BCUT2D eigenvalue weighted by Gasteiger charge is 2.15. The fourth-order valence-corrected chi connectivity index (χ4v) is 5.15. The van der Waals surface area contributed by atoms with Crippen molar-refractivity contribution in [3.63, 3.8) is 0 Å². The minimum atomic E-state index is 0.415. The quantitative estimate of drug-likeness (QED) is 0.102. The van der Waals surface area contributed by atoms with Crippen molar-refractivity contribution in [2.24, 2.45) is 0 Å². The second-order valence-corrected chi connectivity index (χ2v) is 10.7. The number of methoxy groups -OCH3 is 3. The van der Waals surface area contributed by atoms with Gasteiger partial charge < -0.3 is 38.1 Å². The van der Waals surface area contributed by atoms with E-state index in [1.165, 1.54) is 0 Å². The third-order valence-electron chi connectivity index (χ3n) is 6.49. The lowest BCUT2D eigenvalue weighted by Gasteiger charge is -2.23. The average molecular weight is 623 g/mol. The zero-order chi connectivity index (χ0) is 30.8. The third-order valence-corrected chi connectivity index (χ3v) is 7.44. The summed E-state index contributed by atoms with van der Waals surface area (Å²) in [5, 5.41) is 2.96. The second kappa shape index (κ2) is 18.9. The Hall–Kier alpha value is -3.67. The standard InChI is InChI=1S/C34H42N2O7S/c1-37-13-17-42-32-11-4-7-27(19-32)22-36(23-28-8-5-12-33(20-28)43-18-14-38-2)34-35-30(26-44-34)25-41-16-15-40-24-29-9-6-10-31(21-29)39-3/h4-12,19-21,26H,13-18,22-25H2,1-3H3. The van der Waals surface area contributed by atoms with Crippen LogP contribution in [-0.2, 0) is 45.3 Å². The molecular weight excluding hydrogens is 580 g/mol. The molecule has 4 rings (SSSR count). The molecule has 0 amide bonds. The van der Waals surface area contributed by atoms with Crippen LogP contribution in [0.5, 0.6) is 17.2 Å². The van der Waals surface area contributed by atoms with Crippen molar-refractivity contribution in [1.29, 1.82) is 0 Å². The smallest absolute Gasteiger partial charge is 0.186 e. The summed E-state index contributed by atoms with van der Waals surface area (Å²) < 4.78 is 38.9. The van der Waals surface area contributed by atoms with Gasteiger partial charge in [-0.2, -0.15) is 0 Å². The van der Waals surface area contributed by atoms with E-state index in [4.69, 9.17) is 38.1 Å². The first-order valence-electron chi connectivity index (χ1n) is 14.6. The molecule has 44 heavy (non-hydrogen) atoms. The Balaban J connectivity index is 1.36. The van der Waals surface area contributed by atoms with Gasteiger partial charge in [0.15, 0.2) is 5.13 Å². The van der Waals surface area contributed by atoms with E-state index in [1.54, 1.807) is 32.7 Å². The van der Waals surface area contributed by atoms with Gasteiger partial charge in [0.1, 0.15) is 30.5 Å². The van der Waals surface area contributed by atoms with Crippen LogP contribution in [0.4, 0.5) is 5.13 Å². The van der Waals surface area contributed by atoms with Gasteiger partial charge in [-0.15, -0.1) is 11.3 Å². The average Bonchev–Trinajstić information content (AvgIpc) is 3.52. The van der Waals surface area contributed by atoms with Crippen molar-refractivity contribution in [1.82, 2.24) is 4.98 Å². The molecule has 1 aromatic heterocycles. The van der Waals surface area contributed by atoms with Gasteiger partial charge in [0.05, 0.1) is 52.4 Å². The van der Waals surface area contributed by atoms with Crippen molar-refractivity contribution in [3.8, 4) is 17.2 Å². The molecule has 3 aromatic carbocycles. The second-order valence-electron chi connectivity index (χ2n) is 9.91. The zero-order valence-electron chi connectivity index (χ0n) is 25.7. The van der Waals surface area contributed by atoms with Crippen molar-refractivity contribution in [3.05, 3.63) is 101 Å². The first-order chi connectivity index (χ1) is 21.7. The molecule has 0 saturated carbocycles. The Morgan fingerprint density at radius 1 is 0.614 bits per heavy atom. The van der Waals surface area contributed by atoms with Gasteiger partial charge in [0.2, 0.25) is 0 Å². The van der Waals surface area contributed by atoms with Crippen LogP contribution in [-0.4, -0.2) is 66.0 Å². The summed E-state index contributed by atoms with van der Waals surface area (Å²) >= 11 is 1.60. The molecular formula is C34H42N2O7S. The molecule has 236 valence electrons. The monoisotopic (exact) mass is 622 g/mol. The fourth-order valence-electron chi connectivity index (χ4n) is 4.34. The maximum Gasteiger partial charge on any atom is 0.186 e. The summed E-state index contributed by atoms with van der Waals surface area (Å²) in [6.07, 6.45) is 0. The van der Waals surface area contributed by atoms with Crippen LogP contribution in [0.25, 0.3) is 0 Å². The van der Waals surface area contributed by atoms with E-state index in [-0.39, 0.29) is 0 Å². The lowest BCUT2D eigenvalue weighted by atomic mass is 10.1. The normalized spacial score (nSPS) is 11.0. The van der Waals surface area contributed by atoms with E-state index in [0.717, 1.165) is 44.8 Å². The summed E-state index contributed by atoms with van der Waals surface area (Å²) in [6.45, 7) is 5.28. The first kappa shape index (κ1) is 33.2. The lowest BCUT2D eigenvalue weighted by Crippen LogP contribution is -2.22. The molecule has 0 N–H and O–H groups in total. The molecule has 0 spiro atoms. The zero-order valence-corrected chi connectivity index (χ0v) is 26.6. The van der Waals surface area contributed by atoms with Crippen LogP contribution in [0.15, 0.2) is 78.2 Å². The van der Waals surface area contributed by atoms with Gasteiger partial charge in [0.25, 0.3) is 0 Å². The van der Waals surface area contributed by atoms with E-state index >= 15 is 0 Å². The van der Waals surface area contributed by atoms with Gasteiger partial charge in [-0.1, -0.05) is 36.4 Å². The number of rotatable bonds is 21. The predicted molar refractivity (Wildman–Crippen MR) is 172 cm³/mol. The molecule has 1 heterocycles. The largest absolute Gasteiger partial charge is 0.497 e. The van der Waals surface area contributed by atoms with Crippen LogP contribution in [0.3, 0.4) is 0 Å². The van der Waals surface area contributed by atoms with E-state index in [2.05, 4.69) is 29.2 Å². The lowest BCUT2D eigenvalue weighted by molar-refractivity contribution is 0.0330. The Morgan fingerprint density at radius 3 is 1.75 bits per heavy atom. The highest BCUT2D eigenvalue weighted by atomic mass is 32.1. The topological polar surface area (TPSA) is 80.7 Å². The van der Waals surface area contributed by atoms with Gasteiger partial charge in [0, 0.05) is 32.7 Å². The Morgan fingerprint density at radius 2 is 1.16 bits per heavy atom. The number of hydrogen-bond donors (Lipinski definition) is 0. The Labute approximate surface area is 264 Å². The highest BCUT2D eigenvalue weighted by molar-refractivity contribution is 7.13. The summed E-state index contributed by atoms with van der Waals surface area (Å²) in [7, 11) is 4.99. The van der Waals surface area contributed by atoms with Gasteiger partial charge in [-0.25, -0.2) is 4.98 Å². The van der Waals surface area contributed by atoms with Crippen LogP contribution in [0.1, 0.15) is 22.4 Å². The third kappa shape index (κ3) is 11.4. The summed E-state index contributed by atoms with van der Waals surface area (Å²) in [5.74, 6) is 2.45. The molecule has 0 aliphatic carbocycles. The number of hydrogen-bond acceptors (Lipinski definition) is 10. The van der Waals surface area contributed by atoms with Gasteiger partial charge in [-0.3, -0.25) is 0 Å². The Kier molecular flexibility index (Phi) is 14.3. The molecule has 9 nitrogen and oxygen atoms in total. The van der Waals surface area contributed by atoms with E-state index in [1.807, 2.05) is 53.9 Å². The van der Waals surface area contributed by atoms with Gasteiger partial charge in [-0.05, 0) is 53.1 Å². The highest BCUT2D eigenvalue weighted by Crippen LogP contribution is 2.27. The first-order valence-corrected chi connectivity index (χ1v) is 15.4. The maximum absolute atomic E-state index is 5.88. The number of thiazole rings is 1. The molecule has 0 atom stereocenters. The van der Waals surface area contributed by atoms with E-state index in [0.29, 0.717) is 65.9 Å². The number of ether oxygens (including phenoxy) is 7. The summed E-state index contributed by atoms with van der Waals surface area (Å²) in [6, 6.07) is 24.1. The van der Waals surface area contributed by atoms with E-state index in [9.17, 15) is 0 Å². The molecule has 0 aliphatic heterocycles. The van der Waals surface area contributed by atoms with Crippen molar-refractivity contribution < 1.29 is 33.2 Å². The van der Waals surface area contributed by atoms with Crippen LogP contribution >= 0.6 is 11.3 Å². The maximum atomic E-state index is 5.88. The van der Waals surface area contributed by atoms with Crippen molar-refractivity contribution in [2.45, 2.75) is 26.3 Å². The van der Waals surface area contributed by atoms with E-state index < -0.39 is 0 Å². The molecule has 0 saturated heterocycles. The molecule has 0 radical (unpaired) electrons. The van der Waals surface area contributed by atoms with Crippen LogP contribution in [0, 0.1) is 0 Å². The predicted octanol–water partition coefficient (Wildman–Crippen LogP) is 6.14. The number of nitrogens with zero attached hydrogens (tertiary/aromatic N) is 2. The minimum Gasteiger partial charge on any atom is -0.497 e. The fraction of sp³-hybridized carbons (Fsp3) is 0.382. The van der Waals surface area contributed by atoms with Crippen molar-refractivity contribution >= 4 is 16.5 Å². The van der Waals surface area contributed by atoms with Crippen LogP contribution < -0.4 is 19.1 Å². The Bertz CT molecular complexity index is 1330. The SMILES string of the molecule is COCCOc1cccc(CN(Cc2cccc(OCCOC)c2)c2nc(COCCOCc3cccc(OC)c3)cs2)c1. The van der Waals surface area contributed by atoms with Gasteiger partial charge >= 0.3 is 0 Å². The molecule has 0 aliphatic rings. The minimum absolute atomic E-state index is 0.415. The molecule has 10 heteroatoms. The molecule has 0 bridgehead atoms.